The fourth-order valence-corrected chi connectivity index (χ4v) is 2.52. The lowest BCUT2D eigenvalue weighted by Crippen LogP contribution is -2.21. The summed E-state index contributed by atoms with van der Waals surface area (Å²) in [4.78, 5) is 12.1. The third kappa shape index (κ3) is 6.29. The zero-order valence-electron chi connectivity index (χ0n) is 13.4. The number of hydrogen-bond donors (Lipinski definition) is 1. The van der Waals surface area contributed by atoms with Gasteiger partial charge in [0.15, 0.2) is 6.61 Å². The van der Waals surface area contributed by atoms with Gasteiger partial charge in [0.2, 0.25) is 0 Å². The first-order valence-electron chi connectivity index (χ1n) is 7.28. The quantitative estimate of drug-likeness (QED) is 0.649. The molecule has 25 heavy (non-hydrogen) atoms. The third-order valence-corrected chi connectivity index (χ3v) is 3.78. The lowest BCUT2D eigenvalue weighted by molar-refractivity contribution is -0.118. The first kappa shape index (κ1) is 19.7. The molecule has 8 heteroatoms. The van der Waals surface area contributed by atoms with E-state index in [1.807, 2.05) is 0 Å². The van der Waals surface area contributed by atoms with Crippen LogP contribution in [0.4, 0.5) is 5.69 Å². The predicted octanol–water partition coefficient (Wildman–Crippen LogP) is 4.69. The summed E-state index contributed by atoms with van der Waals surface area (Å²) in [5, 5.41) is 3.97. The summed E-state index contributed by atoms with van der Waals surface area (Å²) in [7, 11) is 1.58. The maximum Gasteiger partial charge on any atom is 0.262 e. The number of amides is 1. The normalized spacial score (nSPS) is 10.4. The highest BCUT2D eigenvalue weighted by Crippen LogP contribution is 2.29. The first-order chi connectivity index (χ1) is 12.0. The van der Waals surface area contributed by atoms with Crippen molar-refractivity contribution >= 4 is 46.4 Å². The second-order valence-corrected chi connectivity index (χ2v) is 6.17. The van der Waals surface area contributed by atoms with Crippen molar-refractivity contribution in [3.05, 3.63) is 51.5 Å². The summed E-state index contributed by atoms with van der Waals surface area (Å²) in [6, 6.07) is 9.69. The Morgan fingerprint density at radius 2 is 1.64 bits per heavy atom. The Morgan fingerprint density at radius 1 is 0.960 bits per heavy atom. The van der Waals surface area contributed by atoms with Gasteiger partial charge in [0, 0.05) is 17.2 Å². The fraction of sp³-hybridized carbons (Fsp3) is 0.235. The molecule has 2 rings (SSSR count). The zero-order chi connectivity index (χ0) is 18.2. The average Bonchev–Trinajstić information content (AvgIpc) is 2.56. The van der Waals surface area contributed by atoms with Crippen molar-refractivity contribution in [1.82, 2.24) is 0 Å². The van der Waals surface area contributed by atoms with Gasteiger partial charge in [0.05, 0.1) is 17.3 Å². The van der Waals surface area contributed by atoms with E-state index in [0.29, 0.717) is 45.5 Å². The molecule has 0 spiro atoms. The number of halogens is 3. The van der Waals surface area contributed by atoms with Crippen molar-refractivity contribution in [2.24, 2.45) is 0 Å². The Labute approximate surface area is 160 Å². The third-order valence-electron chi connectivity index (χ3n) is 3.01. The van der Waals surface area contributed by atoms with E-state index in [4.69, 9.17) is 49.0 Å². The van der Waals surface area contributed by atoms with Crippen LogP contribution < -0.4 is 14.8 Å². The molecule has 0 heterocycles. The Morgan fingerprint density at radius 3 is 2.32 bits per heavy atom. The topological polar surface area (TPSA) is 56.8 Å². The van der Waals surface area contributed by atoms with Crippen molar-refractivity contribution in [3.63, 3.8) is 0 Å². The van der Waals surface area contributed by atoms with Gasteiger partial charge in [0.25, 0.3) is 5.91 Å². The Balaban J connectivity index is 1.98. The van der Waals surface area contributed by atoms with E-state index >= 15 is 0 Å². The Hall–Kier alpha value is -1.66. The number of nitrogens with one attached hydrogen (secondary N) is 1. The molecule has 0 aliphatic carbocycles. The minimum absolute atomic E-state index is 0.231. The van der Waals surface area contributed by atoms with Gasteiger partial charge in [-0.1, -0.05) is 34.8 Å². The number of ether oxygens (including phenoxy) is 3. The maximum absolute atomic E-state index is 12.1. The molecule has 0 radical (unpaired) electrons. The van der Waals surface area contributed by atoms with E-state index in [0.717, 1.165) is 0 Å². The zero-order valence-corrected chi connectivity index (χ0v) is 15.6. The van der Waals surface area contributed by atoms with Crippen LogP contribution in [0.25, 0.3) is 0 Å². The number of hydrogen-bond acceptors (Lipinski definition) is 4. The first-order valence-corrected chi connectivity index (χ1v) is 8.42. The molecule has 0 saturated carbocycles. The minimum Gasteiger partial charge on any atom is -0.489 e. The standard InChI is InChI=1S/C17H16Cl3NO4/c1-23-6-7-24-16-5-3-12(19)9-14(16)21-17(22)10-25-15-4-2-11(18)8-13(15)20/h2-5,8-9H,6-7,10H2,1H3,(H,21,22). The van der Waals surface area contributed by atoms with Crippen LogP contribution in [0.2, 0.25) is 15.1 Å². The van der Waals surface area contributed by atoms with E-state index < -0.39 is 0 Å². The van der Waals surface area contributed by atoms with Crippen molar-refractivity contribution in [2.75, 3.05) is 32.2 Å². The van der Waals surface area contributed by atoms with Gasteiger partial charge in [-0.05, 0) is 36.4 Å². The molecule has 0 aliphatic heterocycles. The van der Waals surface area contributed by atoms with Gasteiger partial charge in [0.1, 0.15) is 18.1 Å². The molecule has 0 saturated heterocycles. The molecule has 0 aliphatic rings. The van der Waals surface area contributed by atoms with Crippen LogP contribution in [0.3, 0.4) is 0 Å². The highest BCUT2D eigenvalue weighted by atomic mass is 35.5. The monoisotopic (exact) mass is 403 g/mol. The van der Waals surface area contributed by atoms with Crippen molar-refractivity contribution in [2.45, 2.75) is 0 Å². The smallest absolute Gasteiger partial charge is 0.262 e. The highest BCUT2D eigenvalue weighted by molar-refractivity contribution is 6.35. The number of carbonyl (C=O) groups is 1. The van der Waals surface area contributed by atoms with E-state index in [9.17, 15) is 4.79 Å². The SMILES string of the molecule is COCCOc1ccc(Cl)cc1NC(=O)COc1ccc(Cl)cc1Cl. The molecule has 0 unspecified atom stereocenters. The molecule has 2 aromatic carbocycles. The fourth-order valence-electron chi connectivity index (χ4n) is 1.88. The maximum atomic E-state index is 12.1. The number of carbonyl (C=O) groups excluding carboxylic acids is 1. The molecule has 2 aromatic rings. The van der Waals surface area contributed by atoms with Gasteiger partial charge in [-0.3, -0.25) is 4.79 Å². The number of methoxy groups -OCH3 is 1. The van der Waals surface area contributed by atoms with Gasteiger partial charge in [-0.15, -0.1) is 0 Å². The van der Waals surface area contributed by atoms with Gasteiger partial charge in [-0.25, -0.2) is 0 Å². The summed E-state index contributed by atoms with van der Waals surface area (Å²) < 4.78 is 15.9. The van der Waals surface area contributed by atoms with Crippen LogP contribution in [0, 0.1) is 0 Å². The van der Waals surface area contributed by atoms with Crippen LogP contribution >= 0.6 is 34.8 Å². The molecule has 1 N–H and O–H groups in total. The largest absolute Gasteiger partial charge is 0.489 e. The summed E-state index contributed by atoms with van der Waals surface area (Å²) in [6.45, 7) is 0.539. The lowest BCUT2D eigenvalue weighted by atomic mass is 10.3. The van der Waals surface area contributed by atoms with Gasteiger partial charge < -0.3 is 19.5 Å². The van der Waals surface area contributed by atoms with Crippen LogP contribution in [0.15, 0.2) is 36.4 Å². The van der Waals surface area contributed by atoms with E-state index in [-0.39, 0.29) is 12.5 Å². The minimum atomic E-state index is -0.384. The summed E-state index contributed by atoms with van der Waals surface area (Å²) in [5.41, 5.74) is 0.444. The predicted molar refractivity (Wildman–Crippen MR) is 99.4 cm³/mol. The number of rotatable bonds is 8. The molecule has 0 atom stereocenters. The van der Waals surface area contributed by atoms with E-state index in [1.165, 1.54) is 6.07 Å². The van der Waals surface area contributed by atoms with Crippen LogP contribution in [0.1, 0.15) is 0 Å². The van der Waals surface area contributed by atoms with Gasteiger partial charge >= 0.3 is 0 Å². The summed E-state index contributed by atoms with van der Waals surface area (Å²) in [5.74, 6) is 0.466. The second-order valence-electron chi connectivity index (χ2n) is 4.89. The van der Waals surface area contributed by atoms with Crippen LogP contribution in [-0.2, 0) is 9.53 Å². The Bertz CT molecular complexity index is 740. The van der Waals surface area contributed by atoms with Crippen LogP contribution in [-0.4, -0.2) is 32.8 Å². The molecule has 0 bridgehead atoms. The molecular weight excluding hydrogens is 389 g/mol. The Kier molecular flexibility index (Phi) is 7.65. The molecular formula is C17H16Cl3NO4. The molecule has 0 fully saturated rings. The number of anilines is 1. The molecule has 1 amide bonds. The highest BCUT2D eigenvalue weighted by Gasteiger charge is 2.11. The second kappa shape index (κ2) is 9.73. The number of benzene rings is 2. The lowest BCUT2D eigenvalue weighted by Gasteiger charge is -2.13. The van der Waals surface area contributed by atoms with E-state index in [2.05, 4.69) is 5.32 Å². The average molecular weight is 405 g/mol. The molecule has 134 valence electrons. The molecule has 5 nitrogen and oxygen atoms in total. The van der Waals surface area contributed by atoms with E-state index in [1.54, 1.807) is 37.4 Å². The molecule has 0 aromatic heterocycles. The van der Waals surface area contributed by atoms with Crippen LogP contribution in [0.5, 0.6) is 11.5 Å². The van der Waals surface area contributed by atoms with Crippen molar-refractivity contribution < 1.29 is 19.0 Å². The van der Waals surface area contributed by atoms with Crippen molar-refractivity contribution in [1.29, 1.82) is 0 Å². The summed E-state index contributed by atoms with van der Waals surface area (Å²) >= 11 is 17.8. The van der Waals surface area contributed by atoms with Crippen molar-refractivity contribution in [3.8, 4) is 11.5 Å². The van der Waals surface area contributed by atoms with Gasteiger partial charge in [-0.2, -0.15) is 0 Å². The summed E-state index contributed by atoms with van der Waals surface area (Å²) in [6.07, 6.45) is 0.